The lowest BCUT2D eigenvalue weighted by Gasteiger charge is -2.15. The quantitative estimate of drug-likeness (QED) is 0.645. The van der Waals surface area contributed by atoms with Crippen molar-refractivity contribution in [3.05, 3.63) is 35.1 Å². The predicted molar refractivity (Wildman–Crippen MR) is 61.8 cm³/mol. The zero-order valence-electron chi connectivity index (χ0n) is 10.7. The summed E-state index contributed by atoms with van der Waals surface area (Å²) in [5.74, 6) is -3.57. The highest BCUT2D eigenvalue weighted by atomic mass is 19.4. The molecule has 0 aliphatic rings. The molecule has 0 bridgehead atoms. The van der Waals surface area contributed by atoms with Crippen LogP contribution in [-0.4, -0.2) is 36.7 Å². The van der Waals surface area contributed by atoms with Crippen molar-refractivity contribution in [2.45, 2.75) is 12.2 Å². The Morgan fingerprint density at radius 2 is 2.00 bits per heavy atom. The molecule has 9 heteroatoms. The molecule has 1 amide bonds. The van der Waals surface area contributed by atoms with E-state index in [9.17, 15) is 27.2 Å². The molecule has 0 radical (unpaired) electrons. The van der Waals surface area contributed by atoms with Crippen LogP contribution in [0, 0.1) is 5.82 Å². The Hall–Kier alpha value is -2.16. The van der Waals surface area contributed by atoms with Gasteiger partial charge >= 0.3 is 12.1 Å². The van der Waals surface area contributed by atoms with Crippen molar-refractivity contribution >= 4 is 11.9 Å². The number of amides is 1. The SMILES string of the molecule is COC(=O)C(CO)NC(=O)c1ccc(F)c(C(F)(F)F)c1. The van der Waals surface area contributed by atoms with Crippen LogP contribution in [0.2, 0.25) is 0 Å². The molecule has 1 unspecified atom stereocenters. The fourth-order valence-electron chi connectivity index (χ4n) is 1.45. The molecule has 1 rings (SSSR count). The highest BCUT2D eigenvalue weighted by Gasteiger charge is 2.35. The highest BCUT2D eigenvalue weighted by Crippen LogP contribution is 2.31. The molecule has 116 valence electrons. The van der Waals surface area contributed by atoms with Gasteiger partial charge in [-0.3, -0.25) is 4.79 Å². The summed E-state index contributed by atoms with van der Waals surface area (Å²) in [6.45, 7) is -0.800. The first-order chi connectivity index (χ1) is 9.70. The zero-order chi connectivity index (χ0) is 16.2. The molecule has 5 nitrogen and oxygen atoms in total. The summed E-state index contributed by atoms with van der Waals surface area (Å²) in [4.78, 5) is 22.9. The van der Waals surface area contributed by atoms with Gasteiger partial charge in [0.05, 0.1) is 19.3 Å². The molecule has 1 atom stereocenters. The molecule has 0 aromatic heterocycles. The number of hydrogen-bond donors (Lipinski definition) is 2. The number of carbonyl (C=O) groups excluding carboxylic acids is 2. The predicted octanol–water partition coefficient (Wildman–Crippen LogP) is 1.11. The lowest BCUT2D eigenvalue weighted by molar-refractivity contribution is -0.144. The number of hydrogen-bond acceptors (Lipinski definition) is 4. The minimum absolute atomic E-state index is 0.316. The molecular weight excluding hydrogens is 298 g/mol. The Balaban J connectivity index is 3.01. The first kappa shape index (κ1) is 16.9. The summed E-state index contributed by atoms with van der Waals surface area (Å²) in [5, 5.41) is 10.9. The maximum Gasteiger partial charge on any atom is 0.419 e. The van der Waals surface area contributed by atoms with Gasteiger partial charge in [-0.2, -0.15) is 13.2 Å². The lowest BCUT2D eigenvalue weighted by Crippen LogP contribution is -2.44. The number of methoxy groups -OCH3 is 1. The van der Waals surface area contributed by atoms with Gasteiger partial charge in [-0.15, -0.1) is 0 Å². The van der Waals surface area contributed by atoms with E-state index in [1.165, 1.54) is 0 Å². The Kier molecular flexibility index (Phi) is 5.25. The minimum atomic E-state index is -4.96. The van der Waals surface area contributed by atoms with Gasteiger partial charge in [0.25, 0.3) is 5.91 Å². The first-order valence-corrected chi connectivity index (χ1v) is 5.57. The summed E-state index contributed by atoms with van der Waals surface area (Å²) in [6.07, 6.45) is -4.96. The van der Waals surface area contributed by atoms with Crippen LogP contribution in [0.15, 0.2) is 18.2 Å². The van der Waals surface area contributed by atoms with Crippen LogP contribution in [-0.2, 0) is 15.7 Å². The van der Waals surface area contributed by atoms with Crippen LogP contribution in [0.3, 0.4) is 0 Å². The van der Waals surface area contributed by atoms with Gasteiger partial charge in [0, 0.05) is 5.56 Å². The summed E-state index contributed by atoms with van der Waals surface area (Å²) >= 11 is 0. The molecule has 1 aromatic rings. The molecule has 0 spiro atoms. The number of carbonyl (C=O) groups is 2. The Morgan fingerprint density at radius 3 is 2.48 bits per heavy atom. The van der Waals surface area contributed by atoms with E-state index in [1.54, 1.807) is 0 Å². The number of nitrogens with one attached hydrogen (secondary N) is 1. The number of benzene rings is 1. The first-order valence-electron chi connectivity index (χ1n) is 5.57. The average molecular weight is 309 g/mol. The molecule has 2 N–H and O–H groups in total. The number of ether oxygens (including phenoxy) is 1. The summed E-state index contributed by atoms with van der Waals surface area (Å²) < 4.78 is 54.9. The van der Waals surface area contributed by atoms with Crippen molar-refractivity contribution < 1.29 is 37.0 Å². The van der Waals surface area contributed by atoms with Gasteiger partial charge in [0.15, 0.2) is 6.04 Å². The maximum atomic E-state index is 13.1. The van der Waals surface area contributed by atoms with Crippen molar-refractivity contribution in [2.24, 2.45) is 0 Å². The number of halogens is 4. The zero-order valence-corrected chi connectivity index (χ0v) is 10.7. The van der Waals surface area contributed by atoms with Gasteiger partial charge in [-0.1, -0.05) is 0 Å². The molecular formula is C12H11F4NO4. The van der Waals surface area contributed by atoms with Crippen molar-refractivity contribution in [1.29, 1.82) is 0 Å². The molecule has 0 aliphatic carbocycles. The number of aliphatic hydroxyl groups is 1. The topological polar surface area (TPSA) is 75.6 Å². The van der Waals surface area contributed by atoms with E-state index in [1.807, 2.05) is 5.32 Å². The lowest BCUT2D eigenvalue weighted by atomic mass is 10.1. The van der Waals surface area contributed by atoms with Gasteiger partial charge < -0.3 is 15.2 Å². The van der Waals surface area contributed by atoms with Crippen molar-refractivity contribution in [3.8, 4) is 0 Å². The van der Waals surface area contributed by atoms with E-state index in [-0.39, 0.29) is 0 Å². The minimum Gasteiger partial charge on any atom is -0.467 e. The molecule has 21 heavy (non-hydrogen) atoms. The third-order valence-corrected chi connectivity index (χ3v) is 2.51. The number of aliphatic hydroxyl groups excluding tert-OH is 1. The normalized spacial score (nSPS) is 12.7. The van der Waals surface area contributed by atoms with Crippen LogP contribution in [0.25, 0.3) is 0 Å². The Bertz CT molecular complexity index is 545. The number of alkyl halides is 3. The number of esters is 1. The van der Waals surface area contributed by atoms with Gasteiger partial charge in [0.1, 0.15) is 5.82 Å². The Labute approximate surface area is 116 Å². The molecule has 0 fully saturated rings. The van der Waals surface area contributed by atoms with E-state index in [4.69, 9.17) is 5.11 Å². The number of rotatable bonds is 4. The van der Waals surface area contributed by atoms with Crippen molar-refractivity contribution in [2.75, 3.05) is 13.7 Å². The van der Waals surface area contributed by atoms with Crippen LogP contribution >= 0.6 is 0 Å². The van der Waals surface area contributed by atoms with Crippen LogP contribution in [0.4, 0.5) is 17.6 Å². The second-order valence-electron chi connectivity index (χ2n) is 3.92. The maximum absolute atomic E-state index is 13.1. The monoisotopic (exact) mass is 309 g/mol. The van der Waals surface area contributed by atoms with Crippen LogP contribution in [0.5, 0.6) is 0 Å². The van der Waals surface area contributed by atoms with Crippen molar-refractivity contribution in [3.63, 3.8) is 0 Å². The molecule has 0 saturated carbocycles. The standard InChI is InChI=1S/C12H11F4NO4/c1-21-11(20)9(5-18)17-10(19)6-2-3-8(13)7(4-6)12(14,15)16/h2-4,9,18H,5H2,1H3,(H,17,19). The second-order valence-corrected chi connectivity index (χ2v) is 3.92. The van der Waals surface area contributed by atoms with Gasteiger partial charge in [-0.25, -0.2) is 9.18 Å². The summed E-state index contributed by atoms with van der Waals surface area (Å²) in [6, 6.07) is 0.202. The third kappa shape index (κ3) is 4.15. The second kappa shape index (κ2) is 6.53. The third-order valence-electron chi connectivity index (χ3n) is 2.51. The van der Waals surface area contributed by atoms with E-state index < -0.39 is 47.6 Å². The molecule has 0 saturated heterocycles. The van der Waals surface area contributed by atoms with Crippen LogP contribution in [0.1, 0.15) is 15.9 Å². The van der Waals surface area contributed by atoms with E-state index in [0.29, 0.717) is 12.1 Å². The molecule has 0 heterocycles. The summed E-state index contributed by atoms with van der Waals surface area (Å²) in [5.41, 5.74) is -2.11. The average Bonchev–Trinajstić information content (AvgIpc) is 2.42. The largest absolute Gasteiger partial charge is 0.467 e. The summed E-state index contributed by atoms with van der Waals surface area (Å²) in [7, 11) is 1.01. The van der Waals surface area contributed by atoms with Crippen molar-refractivity contribution in [1.82, 2.24) is 5.32 Å². The van der Waals surface area contributed by atoms with Gasteiger partial charge in [-0.05, 0) is 18.2 Å². The van der Waals surface area contributed by atoms with E-state index in [0.717, 1.165) is 13.2 Å². The fourth-order valence-corrected chi connectivity index (χ4v) is 1.45. The highest BCUT2D eigenvalue weighted by molar-refractivity contribution is 5.97. The van der Waals surface area contributed by atoms with E-state index in [2.05, 4.69) is 4.74 Å². The smallest absolute Gasteiger partial charge is 0.419 e. The fraction of sp³-hybridized carbons (Fsp3) is 0.333. The van der Waals surface area contributed by atoms with Gasteiger partial charge in [0.2, 0.25) is 0 Å². The Morgan fingerprint density at radius 1 is 1.38 bits per heavy atom. The molecule has 0 aliphatic heterocycles. The van der Waals surface area contributed by atoms with Crippen LogP contribution < -0.4 is 5.32 Å². The molecule has 1 aromatic carbocycles. The van der Waals surface area contributed by atoms with E-state index >= 15 is 0 Å².